The van der Waals surface area contributed by atoms with Crippen LogP contribution in [0, 0.1) is 0 Å². The van der Waals surface area contributed by atoms with Gasteiger partial charge in [-0.1, -0.05) is 24.3 Å². The number of hydrogen-bond acceptors (Lipinski definition) is 4. The van der Waals surface area contributed by atoms with E-state index in [0.29, 0.717) is 12.2 Å². The highest BCUT2D eigenvalue weighted by Gasteiger charge is 2.31. The molecule has 0 saturated carbocycles. The minimum atomic E-state index is -4.73. The largest absolute Gasteiger partial charge is 0.416 e. The zero-order chi connectivity index (χ0) is 23.5. The predicted octanol–water partition coefficient (Wildman–Crippen LogP) is 3.69. The van der Waals surface area contributed by atoms with Crippen molar-refractivity contribution in [2.24, 2.45) is 0 Å². The lowest BCUT2D eigenvalue weighted by molar-refractivity contribution is -0.386. The fourth-order valence-electron chi connectivity index (χ4n) is 2.91. The molecule has 3 rings (SSSR count). The summed E-state index contributed by atoms with van der Waals surface area (Å²) in [4.78, 5) is 12.1. The van der Waals surface area contributed by atoms with Crippen LogP contribution in [-0.2, 0) is 22.8 Å². The first kappa shape index (κ1) is 23.3. The molecule has 32 heavy (non-hydrogen) atoms. The van der Waals surface area contributed by atoms with Gasteiger partial charge in [0.05, 0.1) is 29.0 Å². The standard InChI is InChI=1S/C21H18F3N3O4S/c22-21(23,24)14-7-10-17(26-15-8-5-13(12-25)6-9-15)18(11-14)27-20(28)16-3-1-2-4-19(16)32(29,30)31/h1-11,26H,12,25H2,(H,27,28)(H,29,30,31)/p+1. The molecule has 3 aromatic carbocycles. The van der Waals surface area contributed by atoms with Crippen molar-refractivity contribution in [1.29, 1.82) is 0 Å². The van der Waals surface area contributed by atoms with Gasteiger partial charge in [0, 0.05) is 11.3 Å². The molecular formula is C21H19F3N3O4S+. The van der Waals surface area contributed by atoms with E-state index in [1.807, 2.05) is 0 Å². The summed E-state index contributed by atoms with van der Waals surface area (Å²) in [6, 6.07) is 14.5. The number of carbonyl (C=O) groups excluding carboxylic acids is 1. The van der Waals surface area contributed by atoms with Gasteiger partial charge in [0.2, 0.25) is 0 Å². The molecule has 1 amide bonds. The molecular weight excluding hydrogens is 447 g/mol. The van der Waals surface area contributed by atoms with E-state index in [0.717, 1.165) is 35.9 Å². The Balaban J connectivity index is 2.00. The minimum absolute atomic E-state index is 0.151. The molecule has 11 heteroatoms. The Labute approximate surface area is 181 Å². The van der Waals surface area contributed by atoms with Crippen LogP contribution in [0.15, 0.2) is 71.6 Å². The Bertz CT molecular complexity index is 1240. The minimum Gasteiger partial charge on any atom is -0.354 e. The van der Waals surface area contributed by atoms with E-state index in [9.17, 15) is 30.9 Å². The predicted molar refractivity (Wildman–Crippen MR) is 112 cm³/mol. The third kappa shape index (κ3) is 5.44. The first-order valence-electron chi connectivity index (χ1n) is 9.23. The maximum Gasteiger partial charge on any atom is 0.416 e. The van der Waals surface area contributed by atoms with Gasteiger partial charge < -0.3 is 16.4 Å². The quantitative estimate of drug-likeness (QED) is 0.413. The summed E-state index contributed by atoms with van der Waals surface area (Å²) < 4.78 is 72.2. The van der Waals surface area contributed by atoms with Crippen LogP contribution in [0.3, 0.4) is 0 Å². The van der Waals surface area contributed by atoms with Crippen LogP contribution < -0.4 is 16.4 Å². The molecule has 0 unspecified atom stereocenters. The number of benzene rings is 3. The number of hydrogen-bond donors (Lipinski definition) is 4. The molecule has 0 aliphatic rings. The van der Waals surface area contributed by atoms with Gasteiger partial charge in [0.25, 0.3) is 16.0 Å². The monoisotopic (exact) mass is 466 g/mol. The molecule has 0 saturated heterocycles. The topological polar surface area (TPSA) is 123 Å². The number of halogens is 3. The van der Waals surface area contributed by atoms with Gasteiger partial charge in [-0.25, -0.2) is 0 Å². The molecule has 0 spiro atoms. The average molecular weight is 466 g/mol. The van der Waals surface area contributed by atoms with Crippen molar-refractivity contribution in [3.63, 3.8) is 0 Å². The maximum atomic E-state index is 13.2. The smallest absolute Gasteiger partial charge is 0.354 e. The van der Waals surface area contributed by atoms with E-state index in [-0.39, 0.29) is 11.4 Å². The van der Waals surface area contributed by atoms with E-state index in [1.54, 1.807) is 24.3 Å². The van der Waals surface area contributed by atoms with Crippen LogP contribution in [0.1, 0.15) is 21.5 Å². The first-order valence-corrected chi connectivity index (χ1v) is 10.7. The van der Waals surface area contributed by atoms with Crippen molar-refractivity contribution in [2.45, 2.75) is 17.6 Å². The highest BCUT2D eigenvalue weighted by molar-refractivity contribution is 7.86. The van der Waals surface area contributed by atoms with Crippen LogP contribution in [0.5, 0.6) is 0 Å². The second-order valence-corrected chi connectivity index (χ2v) is 8.15. The number of rotatable bonds is 6. The number of amides is 1. The van der Waals surface area contributed by atoms with Crippen LogP contribution in [0.25, 0.3) is 0 Å². The second kappa shape index (κ2) is 8.99. The zero-order valence-corrected chi connectivity index (χ0v) is 17.3. The van der Waals surface area contributed by atoms with Crippen molar-refractivity contribution < 1.29 is 36.7 Å². The highest BCUT2D eigenvalue weighted by atomic mass is 32.2. The molecule has 0 bridgehead atoms. The van der Waals surface area contributed by atoms with E-state index in [1.165, 1.54) is 12.1 Å². The number of quaternary nitrogens is 1. The fraction of sp³-hybridized carbons (Fsp3) is 0.0952. The first-order chi connectivity index (χ1) is 15.0. The van der Waals surface area contributed by atoms with Crippen molar-refractivity contribution >= 4 is 33.1 Å². The van der Waals surface area contributed by atoms with E-state index in [4.69, 9.17) is 0 Å². The van der Waals surface area contributed by atoms with Gasteiger partial charge in [-0.2, -0.15) is 21.6 Å². The summed E-state index contributed by atoms with van der Waals surface area (Å²) in [7, 11) is -4.73. The van der Waals surface area contributed by atoms with E-state index >= 15 is 0 Å². The molecule has 0 aliphatic carbocycles. The molecule has 168 valence electrons. The Morgan fingerprint density at radius 1 is 0.969 bits per heavy atom. The molecule has 7 nitrogen and oxygen atoms in total. The number of carbonyl (C=O) groups is 1. The van der Waals surface area contributed by atoms with Gasteiger partial charge >= 0.3 is 6.18 Å². The van der Waals surface area contributed by atoms with Crippen LogP contribution in [0.4, 0.5) is 30.2 Å². The van der Waals surface area contributed by atoms with Gasteiger partial charge in [0.15, 0.2) is 0 Å². The zero-order valence-electron chi connectivity index (χ0n) is 16.5. The summed E-state index contributed by atoms with van der Waals surface area (Å²) >= 11 is 0. The number of alkyl halides is 3. The van der Waals surface area contributed by atoms with Crippen molar-refractivity contribution in [3.05, 3.63) is 83.4 Å². The van der Waals surface area contributed by atoms with Gasteiger partial charge in [-0.3, -0.25) is 9.35 Å². The van der Waals surface area contributed by atoms with Crippen molar-refractivity contribution in [2.75, 3.05) is 10.6 Å². The lowest BCUT2D eigenvalue weighted by atomic mass is 10.1. The van der Waals surface area contributed by atoms with E-state index < -0.39 is 38.2 Å². The Morgan fingerprint density at radius 3 is 2.22 bits per heavy atom. The molecule has 0 radical (unpaired) electrons. The molecule has 6 N–H and O–H groups in total. The third-order valence-corrected chi connectivity index (χ3v) is 5.44. The lowest BCUT2D eigenvalue weighted by Gasteiger charge is -2.17. The molecule has 0 aliphatic heterocycles. The Hall–Kier alpha value is -3.41. The lowest BCUT2D eigenvalue weighted by Crippen LogP contribution is -2.47. The fourth-order valence-corrected chi connectivity index (χ4v) is 3.60. The van der Waals surface area contributed by atoms with Gasteiger partial charge in [-0.15, -0.1) is 0 Å². The van der Waals surface area contributed by atoms with Crippen LogP contribution >= 0.6 is 0 Å². The molecule has 0 heterocycles. The normalized spacial score (nSPS) is 11.8. The van der Waals surface area contributed by atoms with Crippen molar-refractivity contribution in [3.8, 4) is 0 Å². The third-order valence-electron chi connectivity index (χ3n) is 4.53. The summed E-state index contributed by atoms with van der Waals surface area (Å²) in [5, 5.41) is 5.24. The van der Waals surface area contributed by atoms with Gasteiger partial charge in [0.1, 0.15) is 4.90 Å². The van der Waals surface area contributed by atoms with Crippen LogP contribution in [0.2, 0.25) is 0 Å². The van der Waals surface area contributed by atoms with Crippen molar-refractivity contribution in [1.82, 2.24) is 0 Å². The highest BCUT2D eigenvalue weighted by Crippen LogP contribution is 2.35. The molecule has 3 aromatic rings. The Morgan fingerprint density at radius 2 is 1.62 bits per heavy atom. The summed E-state index contributed by atoms with van der Waals surface area (Å²) in [5.41, 5.74) is 3.78. The summed E-state index contributed by atoms with van der Waals surface area (Å²) in [6.45, 7) is 0.565. The van der Waals surface area contributed by atoms with Crippen LogP contribution in [-0.4, -0.2) is 18.9 Å². The second-order valence-electron chi connectivity index (χ2n) is 6.76. The number of anilines is 3. The maximum absolute atomic E-state index is 13.2. The number of nitrogens with one attached hydrogen (secondary N) is 2. The molecule has 0 aromatic heterocycles. The summed E-state index contributed by atoms with van der Waals surface area (Å²) in [6.07, 6.45) is -4.67. The SMILES string of the molecule is [NH3+]Cc1ccc(Nc2ccc(C(F)(F)F)cc2NC(=O)c2ccccc2S(=O)(=O)O)cc1. The van der Waals surface area contributed by atoms with E-state index in [2.05, 4.69) is 16.4 Å². The average Bonchev–Trinajstić information content (AvgIpc) is 2.74. The van der Waals surface area contributed by atoms with Gasteiger partial charge in [-0.05, 0) is 42.5 Å². The summed E-state index contributed by atoms with van der Waals surface area (Å²) in [5.74, 6) is -1.01. The molecule has 0 fully saturated rings. The molecule has 0 atom stereocenters. The Kier molecular flexibility index (Phi) is 6.53.